The zero-order chi connectivity index (χ0) is 16.6. The predicted molar refractivity (Wildman–Crippen MR) is 69.6 cm³/mol. The Labute approximate surface area is 123 Å². The summed E-state index contributed by atoms with van der Waals surface area (Å²) in [5.74, 6) is -5.94. The molecule has 8 heteroatoms. The number of phenolic OH excluding ortho intramolecular Hbond substituents is 2. The maximum Gasteiger partial charge on any atom is 0.308 e. The fourth-order valence-corrected chi connectivity index (χ4v) is 1.95. The number of rotatable bonds is 2. The molecule has 114 valence electrons. The predicted octanol–water partition coefficient (Wildman–Crippen LogP) is 0.849. The molecule has 0 saturated heterocycles. The maximum absolute atomic E-state index is 12.1. The van der Waals surface area contributed by atoms with Crippen molar-refractivity contribution in [3.8, 4) is 17.2 Å². The van der Waals surface area contributed by atoms with Crippen LogP contribution in [0.2, 0.25) is 0 Å². The molecule has 0 amide bonds. The molecular formula is C14H10O8. The fourth-order valence-electron chi connectivity index (χ4n) is 1.95. The van der Waals surface area contributed by atoms with E-state index in [1.807, 2.05) is 0 Å². The molecule has 1 aromatic rings. The van der Waals surface area contributed by atoms with Crippen molar-refractivity contribution in [2.75, 3.05) is 0 Å². The molecule has 8 nitrogen and oxygen atoms in total. The number of benzene rings is 1. The highest BCUT2D eigenvalue weighted by molar-refractivity contribution is 6.26. The minimum atomic E-state index is -0.952. The minimum Gasteiger partial charge on any atom is -0.507 e. The van der Waals surface area contributed by atoms with Crippen LogP contribution in [-0.2, 0) is 14.3 Å². The monoisotopic (exact) mass is 306 g/mol. The van der Waals surface area contributed by atoms with E-state index in [2.05, 4.69) is 9.47 Å². The van der Waals surface area contributed by atoms with Crippen LogP contribution in [-0.4, -0.2) is 33.7 Å². The zero-order valence-corrected chi connectivity index (χ0v) is 11.5. The van der Waals surface area contributed by atoms with E-state index >= 15 is 0 Å². The van der Waals surface area contributed by atoms with E-state index in [-0.39, 0.29) is 0 Å². The van der Waals surface area contributed by atoms with Crippen molar-refractivity contribution < 1.29 is 38.9 Å². The average molecular weight is 306 g/mol. The van der Waals surface area contributed by atoms with E-state index in [0.717, 1.165) is 19.9 Å². The van der Waals surface area contributed by atoms with E-state index in [1.165, 1.54) is 0 Å². The molecule has 0 atom stereocenters. The topological polar surface area (TPSA) is 127 Å². The van der Waals surface area contributed by atoms with Crippen molar-refractivity contribution in [1.29, 1.82) is 0 Å². The van der Waals surface area contributed by atoms with Gasteiger partial charge in [-0.3, -0.25) is 19.2 Å². The van der Waals surface area contributed by atoms with Crippen molar-refractivity contribution >= 4 is 23.5 Å². The number of Topliss-reactive ketones (excluding diaryl/α,β-unsaturated/α-hetero) is 1. The first-order chi connectivity index (χ1) is 10.2. The summed E-state index contributed by atoms with van der Waals surface area (Å²) in [5, 5.41) is 19.8. The van der Waals surface area contributed by atoms with Gasteiger partial charge in [-0.2, -0.15) is 0 Å². The van der Waals surface area contributed by atoms with Gasteiger partial charge < -0.3 is 19.7 Å². The van der Waals surface area contributed by atoms with Gasteiger partial charge >= 0.3 is 11.9 Å². The Morgan fingerprint density at radius 3 is 2.14 bits per heavy atom. The number of hydrogen-bond donors (Lipinski definition) is 2. The number of phenols is 2. The smallest absolute Gasteiger partial charge is 0.308 e. The van der Waals surface area contributed by atoms with Crippen LogP contribution in [0.5, 0.6) is 17.2 Å². The van der Waals surface area contributed by atoms with Crippen LogP contribution in [0.3, 0.4) is 0 Å². The van der Waals surface area contributed by atoms with Crippen LogP contribution in [0.25, 0.3) is 0 Å². The molecule has 0 bridgehead atoms. The van der Waals surface area contributed by atoms with Crippen LogP contribution in [0.15, 0.2) is 17.9 Å². The zero-order valence-electron chi connectivity index (χ0n) is 11.5. The van der Waals surface area contributed by atoms with Crippen molar-refractivity contribution in [1.82, 2.24) is 0 Å². The fraction of sp³-hybridized carbons (Fsp3) is 0.143. The molecule has 0 saturated carbocycles. The van der Waals surface area contributed by atoms with Gasteiger partial charge in [0, 0.05) is 26.0 Å². The molecule has 0 fully saturated rings. The van der Waals surface area contributed by atoms with E-state index in [1.54, 1.807) is 0 Å². The first-order valence-electron chi connectivity index (χ1n) is 5.98. The second kappa shape index (κ2) is 5.32. The van der Waals surface area contributed by atoms with Gasteiger partial charge in [0.2, 0.25) is 5.78 Å². The van der Waals surface area contributed by atoms with Crippen LogP contribution < -0.4 is 4.74 Å². The lowest BCUT2D eigenvalue weighted by Crippen LogP contribution is -2.20. The summed E-state index contributed by atoms with van der Waals surface area (Å²) in [6.07, 6.45) is 0.711. The number of carbonyl (C=O) groups is 4. The van der Waals surface area contributed by atoms with Gasteiger partial charge in [0.1, 0.15) is 5.75 Å². The number of ketones is 2. The summed E-state index contributed by atoms with van der Waals surface area (Å²) in [7, 11) is 0. The van der Waals surface area contributed by atoms with Gasteiger partial charge in [0.15, 0.2) is 23.0 Å². The van der Waals surface area contributed by atoms with Crippen LogP contribution in [0.1, 0.15) is 34.6 Å². The Bertz CT molecular complexity index is 757. The molecule has 22 heavy (non-hydrogen) atoms. The Morgan fingerprint density at radius 2 is 1.59 bits per heavy atom. The largest absolute Gasteiger partial charge is 0.507 e. The summed E-state index contributed by atoms with van der Waals surface area (Å²) >= 11 is 0. The van der Waals surface area contributed by atoms with Gasteiger partial charge in [-0.25, -0.2) is 0 Å². The lowest BCUT2D eigenvalue weighted by molar-refractivity contribution is -0.136. The van der Waals surface area contributed by atoms with Crippen LogP contribution >= 0.6 is 0 Å². The van der Waals surface area contributed by atoms with E-state index in [0.29, 0.717) is 6.08 Å². The minimum absolute atomic E-state index is 0.464. The number of aromatic hydroxyl groups is 2. The van der Waals surface area contributed by atoms with Gasteiger partial charge in [-0.1, -0.05) is 0 Å². The van der Waals surface area contributed by atoms with Crippen LogP contribution in [0, 0.1) is 0 Å². The third kappa shape index (κ3) is 2.53. The lowest BCUT2D eigenvalue weighted by atomic mass is 9.91. The third-order valence-corrected chi connectivity index (χ3v) is 2.71. The van der Waals surface area contributed by atoms with Gasteiger partial charge in [0.05, 0.1) is 11.1 Å². The second-order valence-electron chi connectivity index (χ2n) is 4.38. The first kappa shape index (κ1) is 15.2. The molecular weight excluding hydrogens is 296 g/mol. The maximum atomic E-state index is 12.1. The Kier molecular flexibility index (Phi) is 3.68. The summed E-state index contributed by atoms with van der Waals surface area (Å²) in [5.41, 5.74) is -1.06. The second-order valence-corrected chi connectivity index (χ2v) is 4.38. The number of ether oxygens (including phenoxy) is 2. The molecule has 0 heterocycles. The highest BCUT2D eigenvalue weighted by Gasteiger charge is 2.35. The average Bonchev–Trinajstić information content (AvgIpc) is 2.38. The van der Waals surface area contributed by atoms with Gasteiger partial charge in [-0.05, 0) is 0 Å². The highest BCUT2D eigenvalue weighted by atomic mass is 16.5. The number of hydrogen-bond acceptors (Lipinski definition) is 8. The highest BCUT2D eigenvalue weighted by Crippen LogP contribution is 2.41. The van der Waals surface area contributed by atoms with Crippen molar-refractivity contribution in [2.45, 2.75) is 13.8 Å². The SMILES string of the molecule is CC(=O)OC1=CC(=O)c2c(O)c(OC(C)=O)cc(O)c2C1=O. The van der Waals surface area contributed by atoms with Crippen molar-refractivity contribution in [3.05, 3.63) is 29.0 Å². The van der Waals surface area contributed by atoms with E-state index in [4.69, 9.17) is 0 Å². The number of carbonyl (C=O) groups excluding carboxylic acids is 4. The molecule has 0 spiro atoms. The Hall–Kier alpha value is -3.16. The molecule has 1 aliphatic carbocycles. The number of esters is 2. The lowest BCUT2D eigenvalue weighted by Gasteiger charge is -2.18. The number of allylic oxidation sites excluding steroid dienone is 2. The summed E-state index contributed by atoms with van der Waals surface area (Å²) < 4.78 is 9.24. The van der Waals surface area contributed by atoms with E-state index in [9.17, 15) is 29.4 Å². The summed E-state index contributed by atoms with van der Waals surface area (Å²) in [4.78, 5) is 46.0. The summed E-state index contributed by atoms with van der Waals surface area (Å²) in [6, 6.07) is 0.817. The molecule has 0 radical (unpaired) electrons. The van der Waals surface area contributed by atoms with Gasteiger partial charge in [-0.15, -0.1) is 0 Å². The number of fused-ring (bicyclic) bond motifs is 1. The standard InChI is InChI=1S/C14H10O8/c1-5(15)21-9-3-7(17)12-11(13(9)19)8(18)4-10(14(12)20)22-6(2)16/h3-4,17,19H,1-2H3. The molecule has 1 aliphatic rings. The Balaban J connectivity index is 2.62. The molecule has 2 N–H and O–H groups in total. The van der Waals surface area contributed by atoms with Crippen LogP contribution in [0.4, 0.5) is 0 Å². The third-order valence-electron chi connectivity index (χ3n) is 2.71. The van der Waals surface area contributed by atoms with Crippen molar-refractivity contribution in [2.24, 2.45) is 0 Å². The molecule has 2 rings (SSSR count). The molecule has 0 aliphatic heterocycles. The first-order valence-corrected chi connectivity index (χ1v) is 5.98. The molecule has 0 unspecified atom stereocenters. The quantitative estimate of drug-likeness (QED) is 0.467. The van der Waals surface area contributed by atoms with E-state index < -0.39 is 57.6 Å². The summed E-state index contributed by atoms with van der Waals surface area (Å²) in [6.45, 7) is 2.09. The Morgan fingerprint density at radius 1 is 1.00 bits per heavy atom. The molecule has 0 aromatic heterocycles. The normalized spacial score (nSPS) is 13.3. The van der Waals surface area contributed by atoms with Gasteiger partial charge in [0.25, 0.3) is 0 Å². The molecule has 1 aromatic carbocycles. The van der Waals surface area contributed by atoms with Crippen molar-refractivity contribution in [3.63, 3.8) is 0 Å².